The summed E-state index contributed by atoms with van der Waals surface area (Å²) in [5, 5.41) is 6.00. The van der Waals surface area contributed by atoms with Crippen LogP contribution < -0.4 is 10.6 Å². The molecule has 0 radical (unpaired) electrons. The molecule has 8 heteroatoms. The van der Waals surface area contributed by atoms with Crippen molar-refractivity contribution in [3.63, 3.8) is 0 Å². The van der Waals surface area contributed by atoms with E-state index in [1.807, 2.05) is 26.0 Å². The molecule has 2 aliphatic rings. The predicted octanol–water partition coefficient (Wildman–Crippen LogP) is 3.23. The number of piperidine rings is 1. The molecule has 166 valence electrons. The van der Waals surface area contributed by atoms with Gasteiger partial charge in [0.25, 0.3) is 11.8 Å². The molecular formula is C24H24ClN3O4. The van der Waals surface area contributed by atoms with E-state index >= 15 is 0 Å². The Hall–Kier alpha value is -3.19. The van der Waals surface area contributed by atoms with Gasteiger partial charge in [0.15, 0.2) is 0 Å². The number of benzene rings is 2. The zero-order chi connectivity index (χ0) is 23.0. The van der Waals surface area contributed by atoms with Crippen LogP contribution in [-0.2, 0) is 16.1 Å². The molecule has 2 N–H and O–H groups in total. The molecule has 4 amide bonds. The van der Waals surface area contributed by atoms with Gasteiger partial charge in [-0.3, -0.25) is 24.5 Å². The Morgan fingerprint density at radius 1 is 1.12 bits per heavy atom. The number of hydrogen-bond acceptors (Lipinski definition) is 4. The summed E-state index contributed by atoms with van der Waals surface area (Å²) in [6, 6.07) is 11.5. The van der Waals surface area contributed by atoms with Gasteiger partial charge in [0.2, 0.25) is 11.8 Å². The van der Waals surface area contributed by atoms with E-state index in [0.717, 1.165) is 5.56 Å². The van der Waals surface area contributed by atoms with E-state index in [1.54, 1.807) is 30.3 Å². The van der Waals surface area contributed by atoms with Gasteiger partial charge in [-0.05, 0) is 53.8 Å². The predicted molar refractivity (Wildman–Crippen MR) is 119 cm³/mol. The van der Waals surface area contributed by atoms with Crippen LogP contribution in [0.4, 0.5) is 0 Å². The quantitative estimate of drug-likeness (QED) is 0.679. The van der Waals surface area contributed by atoms with E-state index in [-0.39, 0.29) is 42.6 Å². The number of hydrogen-bond donors (Lipinski definition) is 2. The molecule has 2 heterocycles. The van der Waals surface area contributed by atoms with Crippen LogP contribution in [-0.4, -0.2) is 34.6 Å². The zero-order valence-electron chi connectivity index (χ0n) is 17.9. The second-order valence-electron chi connectivity index (χ2n) is 8.52. The van der Waals surface area contributed by atoms with Crippen molar-refractivity contribution in [1.82, 2.24) is 15.5 Å². The number of carbonyl (C=O) groups is 4. The van der Waals surface area contributed by atoms with Crippen LogP contribution in [0.1, 0.15) is 64.6 Å². The van der Waals surface area contributed by atoms with Crippen molar-refractivity contribution >= 4 is 35.2 Å². The highest BCUT2D eigenvalue weighted by molar-refractivity contribution is 6.30. The van der Waals surface area contributed by atoms with Gasteiger partial charge in [0.05, 0.1) is 6.04 Å². The number of imide groups is 1. The molecule has 2 aromatic rings. The van der Waals surface area contributed by atoms with Gasteiger partial charge in [0, 0.05) is 29.1 Å². The normalized spacial score (nSPS) is 19.1. The summed E-state index contributed by atoms with van der Waals surface area (Å²) in [4.78, 5) is 50.9. The fraction of sp³-hybridized carbons (Fsp3) is 0.333. The fourth-order valence-electron chi connectivity index (χ4n) is 4.25. The van der Waals surface area contributed by atoms with E-state index in [1.165, 1.54) is 4.90 Å². The molecule has 0 aliphatic carbocycles. The number of fused-ring (bicyclic) bond motifs is 1. The average molecular weight is 454 g/mol. The monoisotopic (exact) mass is 453 g/mol. The van der Waals surface area contributed by atoms with E-state index in [9.17, 15) is 19.2 Å². The summed E-state index contributed by atoms with van der Waals surface area (Å²) >= 11 is 5.99. The minimum absolute atomic E-state index is 0.152. The maximum atomic E-state index is 13.0. The van der Waals surface area contributed by atoms with Crippen molar-refractivity contribution in [3.8, 4) is 0 Å². The number of nitrogens with one attached hydrogen (secondary N) is 2. The number of nitrogens with zero attached hydrogens (tertiary/aromatic N) is 1. The van der Waals surface area contributed by atoms with E-state index < -0.39 is 11.9 Å². The fourth-order valence-corrected chi connectivity index (χ4v) is 4.37. The van der Waals surface area contributed by atoms with Gasteiger partial charge in [-0.25, -0.2) is 0 Å². The largest absolute Gasteiger partial charge is 0.345 e. The van der Waals surface area contributed by atoms with Crippen molar-refractivity contribution < 1.29 is 19.2 Å². The first-order valence-electron chi connectivity index (χ1n) is 10.6. The minimum Gasteiger partial charge on any atom is -0.345 e. The van der Waals surface area contributed by atoms with Crippen molar-refractivity contribution in [2.45, 2.75) is 45.3 Å². The molecule has 2 unspecified atom stereocenters. The number of rotatable bonds is 5. The maximum absolute atomic E-state index is 13.0. The van der Waals surface area contributed by atoms with Crippen LogP contribution in [0.15, 0.2) is 42.5 Å². The second-order valence-corrected chi connectivity index (χ2v) is 8.96. The standard InChI is InChI=1S/C24H24ClN3O4/c1-13(2)21(14-3-6-17(25)7-4-14)27-22(30)15-5-8-18-16(11-15)12-28(24(18)32)19-9-10-20(29)26-23(19)31/h3-8,11,13,19,21H,9-10,12H2,1-2H3,(H,27,30)(H,26,29,31). The molecule has 0 bridgehead atoms. The van der Waals surface area contributed by atoms with E-state index in [2.05, 4.69) is 10.6 Å². The highest BCUT2D eigenvalue weighted by Gasteiger charge is 2.39. The molecule has 4 rings (SSSR count). The highest BCUT2D eigenvalue weighted by Crippen LogP contribution is 2.29. The number of amides is 4. The molecule has 2 aromatic carbocycles. The van der Waals surface area contributed by atoms with Crippen molar-refractivity contribution in [1.29, 1.82) is 0 Å². The maximum Gasteiger partial charge on any atom is 0.255 e. The Morgan fingerprint density at radius 3 is 2.50 bits per heavy atom. The third-order valence-electron chi connectivity index (χ3n) is 5.97. The molecule has 0 saturated carbocycles. The minimum atomic E-state index is -0.680. The Balaban J connectivity index is 1.52. The first-order chi connectivity index (χ1) is 15.2. The van der Waals surface area contributed by atoms with E-state index in [0.29, 0.717) is 28.1 Å². The molecule has 32 heavy (non-hydrogen) atoms. The second kappa shape index (κ2) is 8.74. The molecule has 7 nitrogen and oxygen atoms in total. The lowest BCUT2D eigenvalue weighted by Gasteiger charge is -2.29. The number of carbonyl (C=O) groups excluding carboxylic acids is 4. The van der Waals surface area contributed by atoms with Crippen molar-refractivity contribution in [2.24, 2.45) is 5.92 Å². The van der Waals surface area contributed by atoms with Gasteiger partial charge in [-0.2, -0.15) is 0 Å². The third-order valence-corrected chi connectivity index (χ3v) is 6.22. The van der Waals surface area contributed by atoms with Crippen LogP contribution in [0.5, 0.6) is 0 Å². The van der Waals surface area contributed by atoms with Crippen LogP contribution >= 0.6 is 11.6 Å². The zero-order valence-corrected chi connectivity index (χ0v) is 18.6. The lowest BCUT2D eigenvalue weighted by molar-refractivity contribution is -0.136. The lowest BCUT2D eigenvalue weighted by atomic mass is 9.95. The van der Waals surface area contributed by atoms with Crippen molar-refractivity contribution in [2.75, 3.05) is 0 Å². The number of halogens is 1. The Morgan fingerprint density at radius 2 is 1.84 bits per heavy atom. The Labute approximate surface area is 191 Å². The first-order valence-corrected chi connectivity index (χ1v) is 11.0. The summed E-state index contributed by atoms with van der Waals surface area (Å²) in [5.41, 5.74) is 2.57. The smallest absolute Gasteiger partial charge is 0.255 e. The third kappa shape index (κ3) is 4.25. The average Bonchev–Trinajstić information content (AvgIpc) is 3.08. The topological polar surface area (TPSA) is 95.6 Å². The summed E-state index contributed by atoms with van der Waals surface area (Å²) in [7, 11) is 0. The Bertz CT molecular complexity index is 1100. The van der Waals surface area contributed by atoms with E-state index in [4.69, 9.17) is 11.6 Å². The molecule has 2 aliphatic heterocycles. The summed E-state index contributed by atoms with van der Waals surface area (Å²) < 4.78 is 0. The summed E-state index contributed by atoms with van der Waals surface area (Å²) in [5.74, 6) is -1.13. The first kappa shape index (κ1) is 22.0. The highest BCUT2D eigenvalue weighted by atomic mass is 35.5. The molecular weight excluding hydrogens is 430 g/mol. The Kier molecular flexibility index (Phi) is 6.02. The molecule has 1 saturated heterocycles. The molecule has 2 atom stereocenters. The molecule has 0 aromatic heterocycles. The van der Waals surface area contributed by atoms with Crippen LogP contribution in [0.2, 0.25) is 5.02 Å². The van der Waals surface area contributed by atoms with Crippen LogP contribution in [0, 0.1) is 5.92 Å². The van der Waals surface area contributed by atoms with Gasteiger partial charge in [-0.1, -0.05) is 37.6 Å². The van der Waals surface area contributed by atoms with Crippen molar-refractivity contribution in [3.05, 3.63) is 69.7 Å². The van der Waals surface area contributed by atoms with Gasteiger partial charge >= 0.3 is 0 Å². The van der Waals surface area contributed by atoms with Crippen LogP contribution in [0.3, 0.4) is 0 Å². The van der Waals surface area contributed by atoms with Gasteiger partial charge in [0.1, 0.15) is 6.04 Å². The molecule has 0 spiro atoms. The van der Waals surface area contributed by atoms with Gasteiger partial charge < -0.3 is 10.2 Å². The SMILES string of the molecule is CC(C)C(NC(=O)c1ccc2c(c1)CN(C1CCC(=O)NC1=O)C2=O)c1ccc(Cl)cc1. The molecule has 1 fully saturated rings. The summed E-state index contributed by atoms with van der Waals surface area (Å²) in [6.45, 7) is 4.28. The summed E-state index contributed by atoms with van der Waals surface area (Å²) in [6.07, 6.45) is 0.500. The van der Waals surface area contributed by atoms with Crippen LogP contribution in [0.25, 0.3) is 0 Å². The van der Waals surface area contributed by atoms with Gasteiger partial charge in [-0.15, -0.1) is 0 Å². The lowest BCUT2D eigenvalue weighted by Crippen LogP contribution is -2.52.